The molecule has 1 unspecified atom stereocenters. The van der Waals surface area contributed by atoms with Gasteiger partial charge in [-0.3, -0.25) is 4.79 Å². The average Bonchev–Trinajstić information content (AvgIpc) is 2.54. The number of amides is 1. The molecule has 0 fully saturated rings. The Bertz CT molecular complexity index is 905. The number of carbonyl (C=O) groups is 1. The Morgan fingerprint density at radius 1 is 1.15 bits per heavy atom. The summed E-state index contributed by atoms with van der Waals surface area (Å²) in [6.07, 6.45) is -1.29. The summed E-state index contributed by atoms with van der Waals surface area (Å²) in [5.41, 5.74) is 0.607. The molecule has 0 aliphatic rings. The second kappa shape index (κ2) is 8.70. The lowest BCUT2D eigenvalue weighted by atomic mass is 10.1. The van der Waals surface area contributed by atoms with E-state index in [2.05, 4.69) is 21.2 Å². The molecule has 0 bridgehead atoms. The van der Waals surface area contributed by atoms with Gasteiger partial charge in [-0.05, 0) is 35.4 Å². The highest BCUT2D eigenvalue weighted by atomic mass is 79.9. The van der Waals surface area contributed by atoms with Crippen molar-refractivity contribution in [2.45, 2.75) is 11.9 Å². The van der Waals surface area contributed by atoms with E-state index in [0.29, 0.717) is 5.56 Å². The SMILES string of the molecule is O=C(CS(=O)(=O)Cc1cccc(Br)c1)NCC(O)c1ccc(F)c(F)c1. The van der Waals surface area contributed by atoms with E-state index in [0.717, 1.165) is 16.6 Å². The van der Waals surface area contributed by atoms with Crippen molar-refractivity contribution in [2.75, 3.05) is 12.3 Å². The van der Waals surface area contributed by atoms with Crippen molar-refractivity contribution in [1.82, 2.24) is 5.32 Å². The van der Waals surface area contributed by atoms with E-state index in [1.807, 2.05) is 0 Å². The minimum Gasteiger partial charge on any atom is -0.387 e. The van der Waals surface area contributed by atoms with Crippen LogP contribution < -0.4 is 5.32 Å². The predicted octanol–water partition coefficient (Wildman–Crippen LogP) is 2.49. The van der Waals surface area contributed by atoms with E-state index in [9.17, 15) is 27.1 Å². The third kappa shape index (κ3) is 6.15. The van der Waals surface area contributed by atoms with Gasteiger partial charge in [0.15, 0.2) is 21.5 Å². The molecule has 0 saturated carbocycles. The molecular formula is C17H16BrF2NO4S. The summed E-state index contributed by atoms with van der Waals surface area (Å²) >= 11 is 3.24. The normalized spacial score (nSPS) is 12.6. The van der Waals surface area contributed by atoms with Crippen molar-refractivity contribution in [1.29, 1.82) is 0 Å². The van der Waals surface area contributed by atoms with Crippen molar-refractivity contribution in [3.63, 3.8) is 0 Å². The largest absolute Gasteiger partial charge is 0.387 e. The van der Waals surface area contributed by atoms with E-state index in [-0.39, 0.29) is 17.9 Å². The Morgan fingerprint density at radius 3 is 2.54 bits per heavy atom. The second-order valence-corrected chi connectivity index (χ2v) is 8.64. The quantitative estimate of drug-likeness (QED) is 0.682. The fourth-order valence-electron chi connectivity index (χ4n) is 2.23. The van der Waals surface area contributed by atoms with Crippen LogP contribution in [0.1, 0.15) is 17.2 Å². The molecule has 26 heavy (non-hydrogen) atoms. The van der Waals surface area contributed by atoms with Gasteiger partial charge in [0.25, 0.3) is 0 Å². The summed E-state index contributed by atoms with van der Waals surface area (Å²) in [7, 11) is -3.70. The molecule has 0 saturated heterocycles. The number of carbonyl (C=O) groups excluding carboxylic acids is 1. The van der Waals surface area contributed by atoms with Gasteiger partial charge in [-0.15, -0.1) is 0 Å². The number of rotatable bonds is 7. The molecule has 1 atom stereocenters. The third-order valence-corrected chi connectivity index (χ3v) is 5.42. The molecule has 0 aromatic heterocycles. The minimum atomic E-state index is -3.70. The van der Waals surface area contributed by atoms with Crippen LogP contribution in [0.5, 0.6) is 0 Å². The van der Waals surface area contributed by atoms with Crippen LogP contribution >= 0.6 is 15.9 Å². The smallest absolute Gasteiger partial charge is 0.235 e. The van der Waals surface area contributed by atoms with Gasteiger partial charge in [0.1, 0.15) is 5.75 Å². The molecule has 2 N–H and O–H groups in total. The maximum atomic E-state index is 13.1. The molecule has 0 aliphatic carbocycles. The lowest BCUT2D eigenvalue weighted by Crippen LogP contribution is -2.33. The van der Waals surface area contributed by atoms with Gasteiger partial charge in [-0.2, -0.15) is 0 Å². The van der Waals surface area contributed by atoms with Crippen molar-refractivity contribution < 1.29 is 27.1 Å². The van der Waals surface area contributed by atoms with Gasteiger partial charge >= 0.3 is 0 Å². The number of aliphatic hydroxyl groups is 1. The summed E-state index contributed by atoms with van der Waals surface area (Å²) in [6.45, 7) is -0.323. The van der Waals surface area contributed by atoms with Gasteiger partial charge in [0.05, 0.1) is 11.9 Å². The van der Waals surface area contributed by atoms with Crippen LogP contribution in [0.3, 0.4) is 0 Å². The number of halogens is 3. The number of benzene rings is 2. The van der Waals surface area contributed by atoms with Crippen molar-refractivity contribution >= 4 is 31.7 Å². The van der Waals surface area contributed by atoms with E-state index in [4.69, 9.17) is 0 Å². The fourth-order valence-corrected chi connectivity index (χ4v) is 3.97. The van der Waals surface area contributed by atoms with Gasteiger partial charge in [0.2, 0.25) is 5.91 Å². The van der Waals surface area contributed by atoms with Gasteiger partial charge < -0.3 is 10.4 Å². The lowest BCUT2D eigenvalue weighted by Gasteiger charge is -2.13. The number of sulfone groups is 1. The molecule has 2 rings (SSSR count). The van der Waals surface area contributed by atoms with Gasteiger partial charge in [0, 0.05) is 11.0 Å². The molecule has 0 heterocycles. The molecule has 5 nitrogen and oxygen atoms in total. The first-order valence-corrected chi connectivity index (χ1v) is 10.1. The highest BCUT2D eigenvalue weighted by Crippen LogP contribution is 2.16. The molecule has 1 amide bonds. The van der Waals surface area contributed by atoms with Crippen LogP contribution in [0, 0.1) is 11.6 Å². The standard InChI is InChI=1S/C17H16BrF2NO4S/c18-13-3-1-2-11(6-13)9-26(24,25)10-17(23)21-8-16(22)12-4-5-14(19)15(20)7-12/h1-7,16,22H,8-10H2,(H,21,23). The number of nitrogens with one attached hydrogen (secondary N) is 1. The predicted molar refractivity (Wildman–Crippen MR) is 96.0 cm³/mol. The Kier molecular flexibility index (Phi) is 6.85. The monoisotopic (exact) mass is 447 g/mol. The van der Waals surface area contributed by atoms with Crippen molar-refractivity contribution in [3.8, 4) is 0 Å². The Hall–Kier alpha value is -1.84. The van der Waals surface area contributed by atoms with Crippen LogP contribution in [0.25, 0.3) is 0 Å². The Morgan fingerprint density at radius 2 is 1.88 bits per heavy atom. The first kappa shape index (κ1) is 20.5. The van der Waals surface area contributed by atoms with Crippen LogP contribution in [-0.2, 0) is 20.4 Å². The number of hydrogen-bond acceptors (Lipinski definition) is 4. The zero-order chi connectivity index (χ0) is 19.3. The van der Waals surface area contributed by atoms with E-state index >= 15 is 0 Å². The van der Waals surface area contributed by atoms with Crippen LogP contribution in [0.2, 0.25) is 0 Å². The summed E-state index contributed by atoms with van der Waals surface area (Å²) in [5.74, 6) is -4.01. The molecule has 140 valence electrons. The first-order chi connectivity index (χ1) is 12.2. The maximum Gasteiger partial charge on any atom is 0.235 e. The zero-order valence-corrected chi connectivity index (χ0v) is 15.9. The van der Waals surface area contributed by atoms with E-state index in [1.54, 1.807) is 24.3 Å². The zero-order valence-electron chi connectivity index (χ0n) is 13.5. The summed E-state index contributed by atoms with van der Waals surface area (Å²) in [6, 6.07) is 9.57. The lowest BCUT2D eigenvalue weighted by molar-refractivity contribution is -0.119. The Balaban J connectivity index is 1.90. The summed E-state index contributed by atoms with van der Waals surface area (Å²) < 4.78 is 50.9. The molecule has 9 heteroatoms. The van der Waals surface area contributed by atoms with Crippen LogP contribution in [0.15, 0.2) is 46.9 Å². The van der Waals surface area contributed by atoms with Crippen LogP contribution in [0.4, 0.5) is 8.78 Å². The topological polar surface area (TPSA) is 83.5 Å². The average molecular weight is 448 g/mol. The van der Waals surface area contributed by atoms with Gasteiger partial charge in [-0.25, -0.2) is 17.2 Å². The molecule has 0 spiro atoms. The number of aliphatic hydroxyl groups excluding tert-OH is 1. The highest BCUT2D eigenvalue weighted by Gasteiger charge is 2.19. The maximum absolute atomic E-state index is 13.1. The fraction of sp³-hybridized carbons (Fsp3) is 0.235. The molecule has 2 aromatic rings. The third-order valence-electron chi connectivity index (χ3n) is 3.45. The molecule has 0 aliphatic heterocycles. The van der Waals surface area contributed by atoms with Gasteiger partial charge in [-0.1, -0.05) is 34.1 Å². The van der Waals surface area contributed by atoms with E-state index in [1.165, 1.54) is 6.07 Å². The summed E-state index contributed by atoms with van der Waals surface area (Å²) in [5, 5.41) is 12.2. The molecule has 2 aromatic carbocycles. The minimum absolute atomic E-state index is 0.0705. The molecular weight excluding hydrogens is 432 g/mol. The Labute approximate surface area is 158 Å². The second-order valence-electron chi connectivity index (χ2n) is 5.66. The van der Waals surface area contributed by atoms with Crippen molar-refractivity contribution in [2.24, 2.45) is 0 Å². The van der Waals surface area contributed by atoms with Crippen molar-refractivity contribution in [3.05, 3.63) is 69.7 Å². The molecule has 0 radical (unpaired) electrons. The summed E-state index contributed by atoms with van der Waals surface area (Å²) in [4.78, 5) is 11.8. The van der Waals surface area contributed by atoms with E-state index < -0.39 is 39.2 Å². The first-order valence-electron chi connectivity index (χ1n) is 7.51. The van der Waals surface area contributed by atoms with Crippen LogP contribution in [-0.4, -0.2) is 31.7 Å². The number of hydrogen-bond donors (Lipinski definition) is 2. The highest BCUT2D eigenvalue weighted by molar-refractivity contribution is 9.10.